The van der Waals surface area contributed by atoms with E-state index >= 15 is 0 Å². The van der Waals surface area contributed by atoms with Crippen LogP contribution in [-0.4, -0.2) is 35.2 Å². The van der Waals surface area contributed by atoms with Gasteiger partial charge in [0.1, 0.15) is 34.1 Å². The van der Waals surface area contributed by atoms with Gasteiger partial charge in [0.15, 0.2) is 0 Å². The fraction of sp³-hybridized carbons (Fsp3) is 0.417. The molecule has 2 fully saturated rings. The maximum absolute atomic E-state index is 13.4. The Balaban J connectivity index is 1.33. The Morgan fingerprint density at radius 1 is 1.17 bits per heavy atom. The van der Waals surface area contributed by atoms with Gasteiger partial charge in [-0.05, 0) is 49.6 Å². The average molecular weight is 491 g/mol. The molecule has 0 bridgehead atoms. The lowest BCUT2D eigenvalue weighted by molar-refractivity contribution is -0.138. The summed E-state index contributed by atoms with van der Waals surface area (Å²) < 4.78 is 50.3. The summed E-state index contributed by atoms with van der Waals surface area (Å²) in [5, 5.41) is 5.51. The molecule has 1 heterocycles. The molecule has 0 saturated heterocycles. The molecule has 8 nitrogen and oxygen atoms in total. The number of rotatable bonds is 8. The second-order valence-corrected chi connectivity index (χ2v) is 8.68. The van der Waals surface area contributed by atoms with Crippen molar-refractivity contribution < 1.29 is 37.0 Å². The van der Waals surface area contributed by atoms with E-state index in [4.69, 9.17) is 9.47 Å². The van der Waals surface area contributed by atoms with Crippen molar-refractivity contribution in [3.63, 3.8) is 0 Å². The van der Waals surface area contributed by atoms with Crippen molar-refractivity contribution >= 4 is 17.6 Å². The second kappa shape index (κ2) is 9.55. The van der Waals surface area contributed by atoms with Gasteiger partial charge in [-0.2, -0.15) is 13.2 Å². The minimum absolute atomic E-state index is 0.0512. The number of aromatic nitrogens is 1. The van der Waals surface area contributed by atoms with Gasteiger partial charge in [-0.25, -0.2) is 0 Å². The van der Waals surface area contributed by atoms with Gasteiger partial charge in [-0.15, -0.1) is 0 Å². The van der Waals surface area contributed by atoms with E-state index in [2.05, 4.69) is 15.6 Å². The first kappa shape index (κ1) is 24.5. The van der Waals surface area contributed by atoms with Crippen LogP contribution in [-0.2, 0) is 27.1 Å². The number of nitrogens with one attached hydrogen (secondary N) is 2. The van der Waals surface area contributed by atoms with E-state index in [0.717, 1.165) is 6.07 Å². The summed E-state index contributed by atoms with van der Waals surface area (Å²) in [6.45, 7) is 0.0645. The fourth-order valence-electron chi connectivity index (χ4n) is 3.90. The quantitative estimate of drug-likeness (QED) is 0.585. The number of ketones is 1. The summed E-state index contributed by atoms with van der Waals surface area (Å²) in [5.41, 5.74) is -1.49. The first-order valence-electron chi connectivity index (χ1n) is 11.1. The number of amides is 2. The van der Waals surface area contributed by atoms with Crippen molar-refractivity contribution in [1.82, 2.24) is 15.6 Å². The number of methoxy groups -OCH3 is 1. The lowest BCUT2D eigenvalue weighted by Crippen LogP contribution is -2.50. The van der Waals surface area contributed by atoms with Crippen molar-refractivity contribution in [1.29, 1.82) is 0 Å². The number of carbonyl (C=O) groups is 3. The normalized spacial score (nSPS) is 18.6. The van der Waals surface area contributed by atoms with Crippen LogP contribution in [0.2, 0.25) is 0 Å². The minimum atomic E-state index is -4.64. The SMILES string of the molecule is COc1ccc(Oc2ccc(CNC(=O)C3(NC(=O)C4CCC(=O)C4)CC3)nc2)c(C(F)(F)F)c1. The van der Waals surface area contributed by atoms with Crippen LogP contribution in [0, 0.1) is 5.92 Å². The first-order chi connectivity index (χ1) is 16.6. The van der Waals surface area contributed by atoms with Crippen LogP contribution in [0.15, 0.2) is 36.5 Å². The molecule has 4 rings (SSSR count). The minimum Gasteiger partial charge on any atom is -0.497 e. The predicted octanol–water partition coefficient (Wildman–Crippen LogP) is 3.54. The predicted molar refractivity (Wildman–Crippen MR) is 117 cm³/mol. The van der Waals surface area contributed by atoms with Crippen LogP contribution in [0.25, 0.3) is 0 Å². The zero-order chi connectivity index (χ0) is 25.2. The zero-order valence-corrected chi connectivity index (χ0v) is 18.9. The van der Waals surface area contributed by atoms with E-state index in [1.165, 1.54) is 37.6 Å². The number of nitrogens with zero attached hydrogens (tertiary/aromatic N) is 1. The van der Waals surface area contributed by atoms with Crippen molar-refractivity contribution in [2.45, 2.75) is 50.4 Å². The molecule has 2 saturated carbocycles. The fourth-order valence-corrected chi connectivity index (χ4v) is 3.90. The molecule has 2 aromatic rings. The highest BCUT2D eigenvalue weighted by Crippen LogP contribution is 2.40. The van der Waals surface area contributed by atoms with E-state index in [-0.39, 0.29) is 48.0 Å². The molecule has 0 radical (unpaired) electrons. The molecular weight excluding hydrogens is 467 g/mol. The maximum Gasteiger partial charge on any atom is 0.420 e. The highest BCUT2D eigenvalue weighted by molar-refractivity contribution is 5.96. The van der Waals surface area contributed by atoms with Gasteiger partial charge in [-0.1, -0.05) is 0 Å². The maximum atomic E-state index is 13.4. The number of alkyl halides is 3. The molecule has 2 amide bonds. The van der Waals surface area contributed by atoms with Crippen molar-refractivity contribution in [2.24, 2.45) is 5.92 Å². The van der Waals surface area contributed by atoms with Crippen LogP contribution in [0.5, 0.6) is 17.2 Å². The van der Waals surface area contributed by atoms with Crippen LogP contribution in [0.3, 0.4) is 0 Å². The number of pyridine rings is 1. The number of hydrogen-bond donors (Lipinski definition) is 2. The summed E-state index contributed by atoms with van der Waals surface area (Å²) in [5.74, 6) is -1.20. The first-order valence-corrected chi connectivity index (χ1v) is 11.1. The van der Waals surface area contributed by atoms with Gasteiger partial charge >= 0.3 is 6.18 Å². The Kier molecular flexibility index (Phi) is 6.68. The molecule has 2 aliphatic carbocycles. The van der Waals surface area contributed by atoms with Crippen molar-refractivity contribution in [3.05, 3.63) is 47.8 Å². The molecule has 0 spiro atoms. The van der Waals surface area contributed by atoms with Crippen molar-refractivity contribution in [2.75, 3.05) is 7.11 Å². The van der Waals surface area contributed by atoms with E-state index < -0.39 is 23.0 Å². The second-order valence-electron chi connectivity index (χ2n) is 8.68. The number of carbonyl (C=O) groups excluding carboxylic acids is 3. The van der Waals surface area contributed by atoms with E-state index in [0.29, 0.717) is 31.4 Å². The van der Waals surface area contributed by atoms with Gasteiger partial charge in [0.2, 0.25) is 11.8 Å². The highest BCUT2D eigenvalue weighted by atomic mass is 19.4. The third-order valence-electron chi connectivity index (χ3n) is 6.11. The Labute approximate surface area is 199 Å². The zero-order valence-electron chi connectivity index (χ0n) is 18.9. The number of benzene rings is 1. The van der Waals surface area contributed by atoms with E-state index in [1.807, 2.05) is 0 Å². The average Bonchev–Trinajstić information content (AvgIpc) is 3.48. The number of halogens is 3. The summed E-state index contributed by atoms with van der Waals surface area (Å²) >= 11 is 0. The topological polar surface area (TPSA) is 107 Å². The lowest BCUT2D eigenvalue weighted by atomic mass is 10.1. The molecule has 2 aliphatic rings. The van der Waals surface area contributed by atoms with Crippen molar-refractivity contribution in [3.8, 4) is 17.2 Å². The summed E-state index contributed by atoms with van der Waals surface area (Å²) in [7, 11) is 1.27. The molecule has 2 N–H and O–H groups in total. The Hall–Kier alpha value is -3.63. The third kappa shape index (κ3) is 5.72. The molecule has 1 aromatic carbocycles. The number of ether oxygens (including phenoxy) is 2. The van der Waals surface area contributed by atoms with Crippen LogP contribution >= 0.6 is 0 Å². The van der Waals surface area contributed by atoms with E-state index in [9.17, 15) is 27.6 Å². The van der Waals surface area contributed by atoms with Crippen LogP contribution < -0.4 is 20.1 Å². The van der Waals surface area contributed by atoms with E-state index in [1.54, 1.807) is 0 Å². The molecular formula is C24H24F3N3O5. The summed E-state index contributed by atoms with van der Waals surface area (Å²) in [4.78, 5) is 40.6. The van der Waals surface area contributed by atoms with Crippen LogP contribution in [0.1, 0.15) is 43.4 Å². The van der Waals surface area contributed by atoms with Gasteiger partial charge in [0.05, 0.1) is 25.5 Å². The number of Topliss-reactive ketones (excluding diaryl/α,β-unsaturated/α-hetero) is 1. The number of hydrogen-bond acceptors (Lipinski definition) is 6. The molecule has 1 atom stereocenters. The Morgan fingerprint density at radius 2 is 1.91 bits per heavy atom. The molecule has 186 valence electrons. The summed E-state index contributed by atoms with van der Waals surface area (Å²) in [6.07, 6.45) is -1.26. The molecule has 1 aromatic heterocycles. The van der Waals surface area contributed by atoms with Crippen LogP contribution in [0.4, 0.5) is 13.2 Å². The third-order valence-corrected chi connectivity index (χ3v) is 6.11. The molecule has 0 aliphatic heterocycles. The lowest BCUT2D eigenvalue weighted by Gasteiger charge is -2.19. The Bertz CT molecular complexity index is 1130. The van der Waals surface area contributed by atoms with Gasteiger partial charge in [0, 0.05) is 18.8 Å². The summed E-state index contributed by atoms with van der Waals surface area (Å²) in [6, 6.07) is 6.35. The highest BCUT2D eigenvalue weighted by Gasteiger charge is 2.52. The molecule has 11 heteroatoms. The van der Waals surface area contributed by atoms with Gasteiger partial charge in [0.25, 0.3) is 0 Å². The molecule has 35 heavy (non-hydrogen) atoms. The molecule has 1 unspecified atom stereocenters. The Morgan fingerprint density at radius 3 is 2.49 bits per heavy atom. The monoisotopic (exact) mass is 491 g/mol. The standard InChI is InChI=1S/C24H24F3N3O5/c1-34-17-6-7-20(19(11-17)24(25,26)27)35-18-5-3-15(28-13-18)12-29-22(33)23(8-9-23)30-21(32)14-2-4-16(31)10-14/h3,5-7,11,13-14H,2,4,8-10,12H2,1H3,(H,29,33)(H,30,32). The largest absolute Gasteiger partial charge is 0.497 e. The van der Waals surface area contributed by atoms with Gasteiger partial charge in [-0.3, -0.25) is 19.4 Å². The smallest absolute Gasteiger partial charge is 0.420 e. The van der Waals surface area contributed by atoms with Gasteiger partial charge < -0.3 is 20.1 Å².